The summed E-state index contributed by atoms with van der Waals surface area (Å²) in [5, 5.41) is 8.16. The van der Waals surface area contributed by atoms with Gasteiger partial charge in [-0.05, 0) is 22.9 Å². The zero-order valence-electron chi connectivity index (χ0n) is 9.97. The summed E-state index contributed by atoms with van der Waals surface area (Å²) < 4.78 is 0. The number of anilines is 1. The third kappa shape index (κ3) is 2.56. The number of hydrogen-bond acceptors (Lipinski definition) is 5. The summed E-state index contributed by atoms with van der Waals surface area (Å²) in [6, 6.07) is 14.1. The van der Waals surface area contributed by atoms with E-state index in [2.05, 4.69) is 28.1 Å². The standard InChI is InChI=1S/C13H12ClN5/c14-12-8-13(15)18-19(17-12)16-11-6-5-9-3-1-2-4-10(9)7-11/h1-8,16-17H,(H2,15,18). The maximum absolute atomic E-state index is 5.88. The van der Waals surface area contributed by atoms with Gasteiger partial charge in [0.1, 0.15) is 5.16 Å². The summed E-state index contributed by atoms with van der Waals surface area (Å²) in [4.78, 5) is 0. The molecule has 3 rings (SSSR count). The van der Waals surface area contributed by atoms with Crippen LogP contribution in [0.3, 0.4) is 0 Å². The number of halogens is 1. The van der Waals surface area contributed by atoms with E-state index in [1.54, 1.807) is 6.08 Å². The number of hydrogen-bond donors (Lipinski definition) is 3. The zero-order chi connectivity index (χ0) is 13.2. The Morgan fingerprint density at radius 2 is 1.95 bits per heavy atom. The van der Waals surface area contributed by atoms with Crippen LogP contribution in [-0.4, -0.2) is 11.1 Å². The van der Waals surface area contributed by atoms with E-state index in [9.17, 15) is 0 Å². The summed E-state index contributed by atoms with van der Waals surface area (Å²) in [5.74, 6) is 0.331. The van der Waals surface area contributed by atoms with Crippen molar-refractivity contribution in [3.8, 4) is 0 Å². The lowest BCUT2D eigenvalue weighted by atomic mass is 10.1. The van der Waals surface area contributed by atoms with Gasteiger partial charge in [0.25, 0.3) is 0 Å². The Morgan fingerprint density at radius 1 is 1.16 bits per heavy atom. The number of benzene rings is 2. The van der Waals surface area contributed by atoms with Crippen LogP contribution < -0.4 is 16.6 Å². The minimum Gasteiger partial charge on any atom is -0.382 e. The highest BCUT2D eigenvalue weighted by molar-refractivity contribution is 6.30. The summed E-state index contributed by atoms with van der Waals surface area (Å²) in [5.41, 5.74) is 12.4. The fraction of sp³-hybridized carbons (Fsp3) is 0. The molecule has 2 aromatic carbocycles. The molecular formula is C13H12ClN5. The molecule has 0 atom stereocenters. The summed E-state index contributed by atoms with van der Waals surface area (Å²) in [6.45, 7) is 0. The first-order valence-electron chi connectivity index (χ1n) is 5.74. The number of amidine groups is 1. The van der Waals surface area contributed by atoms with Crippen molar-refractivity contribution < 1.29 is 0 Å². The quantitative estimate of drug-likeness (QED) is 0.735. The maximum Gasteiger partial charge on any atom is 0.150 e. The summed E-state index contributed by atoms with van der Waals surface area (Å²) >= 11 is 5.88. The van der Waals surface area contributed by atoms with Crippen LogP contribution in [0, 0.1) is 0 Å². The third-order valence-corrected chi connectivity index (χ3v) is 2.88. The lowest BCUT2D eigenvalue weighted by Crippen LogP contribution is -2.41. The largest absolute Gasteiger partial charge is 0.382 e. The van der Waals surface area contributed by atoms with Crippen molar-refractivity contribution in [1.29, 1.82) is 0 Å². The molecule has 0 amide bonds. The van der Waals surface area contributed by atoms with Crippen LogP contribution in [0.25, 0.3) is 10.8 Å². The number of nitrogens with two attached hydrogens (primary N) is 1. The molecule has 0 aliphatic carbocycles. The first kappa shape index (κ1) is 11.7. The second kappa shape index (κ2) is 4.70. The van der Waals surface area contributed by atoms with Crippen LogP contribution in [0.2, 0.25) is 0 Å². The molecule has 4 N–H and O–H groups in total. The van der Waals surface area contributed by atoms with Gasteiger partial charge < -0.3 is 5.73 Å². The second-order valence-corrected chi connectivity index (χ2v) is 4.52. The Labute approximate surface area is 115 Å². The van der Waals surface area contributed by atoms with Gasteiger partial charge in [-0.2, -0.15) is 0 Å². The molecule has 5 nitrogen and oxygen atoms in total. The van der Waals surface area contributed by atoms with Gasteiger partial charge in [-0.25, -0.2) is 0 Å². The molecule has 1 aliphatic rings. The van der Waals surface area contributed by atoms with Crippen molar-refractivity contribution in [2.24, 2.45) is 10.8 Å². The average Bonchev–Trinajstić information content (AvgIpc) is 2.37. The Hall–Kier alpha value is -2.40. The van der Waals surface area contributed by atoms with E-state index in [0.717, 1.165) is 11.1 Å². The van der Waals surface area contributed by atoms with Gasteiger partial charge in [0.15, 0.2) is 5.84 Å². The van der Waals surface area contributed by atoms with Crippen molar-refractivity contribution in [3.05, 3.63) is 53.7 Å². The van der Waals surface area contributed by atoms with Crippen LogP contribution in [0.5, 0.6) is 0 Å². The maximum atomic E-state index is 5.88. The molecule has 2 aromatic rings. The predicted octanol–water partition coefficient (Wildman–Crippen LogP) is 2.34. The lowest BCUT2D eigenvalue weighted by molar-refractivity contribution is 0.278. The highest BCUT2D eigenvalue weighted by atomic mass is 35.5. The molecule has 1 heterocycles. The summed E-state index contributed by atoms with van der Waals surface area (Å²) in [6.07, 6.45) is 1.54. The van der Waals surface area contributed by atoms with Gasteiger partial charge in [0.2, 0.25) is 0 Å². The van der Waals surface area contributed by atoms with Crippen LogP contribution in [0.4, 0.5) is 5.69 Å². The van der Waals surface area contributed by atoms with E-state index in [1.165, 1.54) is 10.6 Å². The molecule has 0 fully saturated rings. The van der Waals surface area contributed by atoms with E-state index in [0.29, 0.717) is 11.0 Å². The average molecular weight is 274 g/mol. The van der Waals surface area contributed by atoms with Crippen LogP contribution >= 0.6 is 11.6 Å². The lowest BCUT2D eigenvalue weighted by Gasteiger charge is -2.24. The molecule has 0 saturated carbocycles. The van der Waals surface area contributed by atoms with Gasteiger partial charge in [0, 0.05) is 6.08 Å². The number of rotatable bonds is 2. The minimum absolute atomic E-state index is 0.331. The van der Waals surface area contributed by atoms with Gasteiger partial charge in [0.05, 0.1) is 5.69 Å². The molecule has 1 aliphatic heterocycles. The fourth-order valence-corrected chi connectivity index (χ4v) is 2.06. The zero-order valence-corrected chi connectivity index (χ0v) is 10.7. The van der Waals surface area contributed by atoms with Crippen LogP contribution in [-0.2, 0) is 0 Å². The Morgan fingerprint density at radius 3 is 2.74 bits per heavy atom. The van der Waals surface area contributed by atoms with Gasteiger partial charge >= 0.3 is 0 Å². The SMILES string of the molecule is NC1=NN(Nc2ccc3ccccc3c2)NC(Cl)=C1. The normalized spacial score (nSPS) is 14.7. The molecular weight excluding hydrogens is 262 g/mol. The van der Waals surface area contributed by atoms with Crippen molar-refractivity contribution in [2.75, 3.05) is 5.43 Å². The topological polar surface area (TPSA) is 65.7 Å². The molecule has 0 aromatic heterocycles. The first-order valence-corrected chi connectivity index (χ1v) is 6.12. The van der Waals surface area contributed by atoms with E-state index < -0.39 is 0 Å². The molecule has 6 heteroatoms. The van der Waals surface area contributed by atoms with E-state index in [1.807, 2.05) is 30.3 Å². The number of hydrazone groups is 1. The number of fused-ring (bicyclic) bond motifs is 1. The monoisotopic (exact) mass is 273 g/mol. The molecule has 0 bridgehead atoms. The molecule has 0 unspecified atom stereocenters. The molecule has 0 radical (unpaired) electrons. The minimum atomic E-state index is 0.331. The number of hydrazine groups is 2. The smallest absolute Gasteiger partial charge is 0.150 e. The second-order valence-electron chi connectivity index (χ2n) is 4.11. The van der Waals surface area contributed by atoms with Crippen LogP contribution in [0.15, 0.2) is 58.8 Å². The Kier molecular flexibility index (Phi) is 2.89. The Bertz CT molecular complexity index is 680. The van der Waals surface area contributed by atoms with E-state index >= 15 is 0 Å². The van der Waals surface area contributed by atoms with Crippen molar-refractivity contribution in [2.45, 2.75) is 0 Å². The number of nitrogens with zero attached hydrogens (tertiary/aromatic N) is 2. The molecule has 96 valence electrons. The predicted molar refractivity (Wildman–Crippen MR) is 78.1 cm³/mol. The van der Waals surface area contributed by atoms with Gasteiger partial charge in [-0.1, -0.05) is 41.9 Å². The Balaban J connectivity index is 1.84. The van der Waals surface area contributed by atoms with Gasteiger partial charge in [-0.3, -0.25) is 10.9 Å². The van der Waals surface area contributed by atoms with Crippen molar-refractivity contribution >= 4 is 33.9 Å². The summed E-state index contributed by atoms with van der Waals surface area (Å²) in [7, 11) is 0. The highest BCUT2D eigenvalue weighted by Gasteiger charge is 2.09. The van der Waals surface area contributed by atoms with E-state index in [-0.39, 0.29) is 0 Å². The van der Waals surface area contributed by atoms with Gasteiger partial charge in [-0.15, -0.1) is 10.3 Å². The third-order valence-electron chi connectivity index (χ3n) is 2.69. The first-order chi connectivity index (χ1) is 9.20. The molecule has 19 heavy (non-hydrogen) atoms. The van der Waals surface area contributed by atoms with Crippen LogP contribution in [0.1, 0.15) is 0 Å². The number of nitrogens with one attached hydrogen (secondary N) is 2. The van der Waals surface area contributed by atoms with Crippen molar-refractivity contribution in [1.82, 2.24) is 10.7 Å². The molecule has 0 saturated heterocycles. The molecule has 0 spiro atoms. The highest BCUT2D eigenvalue weighted by Crippen LogP contribution is 2.19. The van der Waals surface area contributed by atoms with Crippen molar-refractivity contribution in [3.63, 3.8) is 0 Å². The fourth-order valence-electron chi connectivity index (χ4n) is 1.87. The van der Waals surface area contributed by atoms with E-state index in [4.69, 9.17) is 17.3 Å².